The molecule has 0 aromatic heterocycles. The lowest BCUT2D eigenvalue weighted by Crippen LogP contribution is -2.43. The van der Waals surface area contributed by atoms with Gasteiger partial charge in [0.15, 0.2) is 0 Å². The first-order valence-electron chi connectivity index (χ1n) is 5.52. The number of hydrogen-bond acceptors (Lipinski definition) is 4. The zero-order valence-corrected chi connectivity index (χ0v) is 10.3. The minimum Gasteiger partial charge on any atom is -0.508 e. The average Bonchev–Trinajstić information content (AvgIpc) is 2.29. The monoisotopic (exact) mass is 253 g/mol. The van der Waals surface area contributed by atoms with Gasteiger partial charge in [0.05, 0.1) is 12.5 Å². The van der Waals surface area contributed by atoms with Crippen molar-refractivity contribution in [2.24, 2.45) is 11.5 Å². The normalized spacial score (nSPS) is 10.9. The summed E-state index contributed by atoms with van der Waals surface area (Å²) in [5.74, 6) is -0.761. The van der Waals surface area contributed by atoms with Gasteiger partial charge >= 0.3 is 0 Å². The van der Waals surface area contributed by atoms with Crippen LogP contribution in [-0.2, 0) is 9.59 Å². The highest BCUT2D eigenvalue weighted by Gasteiger charge is 2.15. The molecule has 0 saturated heterocycles. The molecule has 0 aliphatic heterocycles. The predicted molar refractivity (Wildman–Crippen MR) is 68.6 cm³/mol. The van der Waals surface area contributed by atoms with E-state index < -0.39 is 17.9 Å². The molecule has 0 spiro atoms. The van der Waals surface area contributed by atoms with E-state index in [0.29, 0.717) is 12.3 Å². The molecule has 6 heteroatoms. The Morgan fingerprint density at radius 3 is 2.11 bits per heavy atom. The summed E-state index contributed by atoms with van der Waals surface area (Å²) in [5.41, 5.74) is 9.84. The zero-order valence-electron chi connectivity index (χ0n) is 10.3. The number of amides is 2. The SMILES string of the molecule is CCNC(CC(N)=O)C(N)=O.Oc1ccccc1. The maximum absolute atomic E-state index is 10.6. The van der Waals surface area contributed by atoms with Crippen molar-refractivity contribution in [1.29, 1.82) is 0 Å². The van der Waals surface area contributed by atoms with Crippen molar-refractivity contribution in [3.63, 3.8) is 0 Å². The van der Waals surface area contributed by atoms with Gasteiger partial charge in [-0.15, -0.1) is 0 Å². The molecule has 2 amide bonds. The fourth-order valence-corrected chi connectivity index (χ4v) is 1.15. The van der Waals surface area contributed by atoms with Gasteiger partial charge in [0.2, 0.25) is 11.8 Å². The summed E-state index contributed by atoms with van der Waals surface area (Å²) in [6, 6.07) is 8.09. The Hall–Kier alpha value is -2.08. The van der Waals surface area contributed by atoms with E-state index in [1.54, 1.807) is 24.3 Å². The summed E-state index contributed by atoms with van der Waals surface area (Å²) in [5, 5.41) is 11.4. The molecular formula is C12H19N3O3. The first-order valence-corrected chi connectivity index (χ1v) is 5.52. The molecule has 6 N–H and O–H groups in total. The van der Waals surface area contributed by atoms with Crippen LogP contribution in [0.2, 0.25) is 0 Å². The Labute approximate surface area is 106 Å². The number of rotatable bonds is 5. The van der Waals surface area contributed by atoms with Gasteiger partial charge in [0.1, 0.15) is 5.75 Å². The lowest BCUT2D eigenvalue weighted by molar-refractivity contribution is -0.125. The van der Waals surface area contributed by atoms with Crippen molar-refractivity contribution in [3.8, 4) is 5.75 Å². The lowest BCUT2D eigenvalue weighted by Gasteiger charge is -2.10. The number of primary amides is 2. The van der Waals surface area contributed by atoms with E-state index in [4.69, 9.17) is 16.6 Å². The number of aromatic hydroxyl groups is 1. The largest absolute Gasteiger partial charge is 0.508 e. The number of carbonyl (C=O) groups excluding carboxylic acids is 2. The van der Waals surface area contributed by atoms with E-state index in [2.05, 4.69) is 5.32 Å². The van der Waals surface area contributed by atoms with Crippen LogP contribution >= 0.6 is 0 Å². The molecular weight excluding hydrogens is 234 g/mol. The average molecular weight is 253 g/mol. The number of phenolic OH excluding ortho intramolecular Hbond substituents is 1. The number of para-hydroxylation sites is 1. The number of benzene rings is 1. The lowest BCUT2D eigenvalue weighted by atomic mass is 10.2. The summed E-state index contributed by atoms with van der Waals surface area (Å²) < 4.78 is 0. The third-order valence-corrected chi connectivity index (χ3v) is 1.96. The maximum Gasteiger partial charge on any atom is 0.235 e. The molecule has 0 aliphatic rings. The van der Waals surface area contributed by atoms with E-state index in [-0.39, 0.29) is 6.42 Å². The number of likely N-dealkylation sites (N-methyl/N-ethyl adjacent to an activating group) is 1. The summed E-state index contributed by atoms with van der Waals surface area (Å²) in [4.78, 5) is 20.9. The summed E-state index contributed by atoms with van der Waals surface area (Å²) in [7, 11) is 0. The molecule has 1 unspecified atom stereocenters. The molecule has 6 nitrogen and oxygen atoms in total. The van der Waals surface area contributed by atoms with Crippen LogP contribution in [-0.4, -0.2) is 29.5 Å². The van der Waals surface area contributed by atoms with Gasteiger partial charge in [-0.1, -0.05) is 25.1 Å². The van der Waals surface area contributed by atoms with Gasteiger partial charge < -0.3 is 21.9 Å². The van der Waals surface area contributed by atoms with Crippen molar-refractivity contribution in [2.45, 2.75) is 19.4 Å². The van der Waals surface area contributed by atoms with Gasteiger partial charge in [0, 0.05) is 0 Å². The second-order valence-corrected chi connectivity index (χ2v) is 3.52. The minimum atomic E-state index is -0.627. The fourth-order valence-electron chi connectivity index (χ4n) is 1.15. The summed E-state index contributed by atoms with van der Waals surface area (Å²) in [6.07, 6.45) is -0.0385. The molecule has 1 atom stereocenters. The third-order valence-electron chi connectivity index (χ3n) is 1.96. The van der Waals surface area contributed by atoms with Gasteiger partial charge in [-0.05, 0) is 18.7 Å². The Morgan fingerprint density at radius 1 is 1.28 bits per heavy atom. The van der Waals surface area contributed by atoms with Crippen LogP contribution in [0.25, 0.3) is 0 Å². The second kappa shape index (κ2) is 9.00. The molecule has 1 rings (SSSR count). The van der Waals surface area contributed by atoms with E-state index in [1.807, 2.05) is 13.0 Å². The van der Waals surface area contributed by atoms with Crippen molar-refractivity contribution >= 4 is 11.8 Å². The summed E-state index contributed by atoms with van der Waals surface area (Å²) in [6.45, 7) is 2.40. The number of phenols is 1. The minimum absolute atomic E-state index is 0.0385. The van der Waals surface area contributed by atoms with Crippen LogP contribution in [0.3, 0.4) is 0 Å². The Bertz CT molecular complexity index is 368. The molecule has 100 valence electrons. The predicted octanol–water partition coefficient (Wildman–Crippen LogP) is -0.283. The molecule has 1 aromatic carbocycles. The number of nitrogens with one attached hydrogen (secondary N) is 1. The molecule has 0 heterocycles. The van der Waals surface area contributed by atoms with E-state index in [1.165, 1.54) is 0 Å². The van der Waals surface area contributed by atoms with Crippen molar-refractivity contribution in [2.75, 3.05) is 6.54 Å². The molecule has 0 radical (unpaired) electrons. The first kappa shape index (κ1) is 15.9. The topological polar surface area (TPSA) is 118 Å². The molecule has 0 aliphatic carbocycles. The molecule has 18 heavy (non-hydrogen) atoms. The maximum atomic E-state index is 10.6. The van der Waals surface area contributed by atoms with Crippen LogP contribution in [0.1, 0.15) is 13.3 Å². The Kier molecular flexibility index (Phi) is 7.96. The molecule has 1 aromatic rings. The fraction of sp³-hybridized carbons (Fsp3) is 0.333. The van der Waals surface area contributed by atoms with Crippen molar-refractivity contribution < 1.29 is 14.7 Å². The zero-order chi connectivity index (χ0) is 14.0. The first-order chi connectivity index (χ1) is 8.47. The number of nitrogens with two attached hydrogens (primary N) is 2. The van der Waals surface area contributed by atoms with Crippen LogP contribution in [0.5, 0.6) is 5.75 Å². The molecule has 0 saturated carbocycles. The van der Waals surface area contributed by atoms with Gasteiger partial charge in [-0.2, -0.15) is 0 Å². The van der Waals surface area contributed by atoms with E-state index >= 15 is 0 Å². The van der Waals surface area contributed by atoms with E-state index in [9.17, 15) is 9.59 Å². The standard InChI is InChI=1S/C6H13N3O2.C6H6O/c1-2-9-4(6(8)11)3-5(7)10;7-6-4-2-1-3-5-6/h4,9H,2-3H2,1H3,(H2,7,10)(H2,8,11);1-5,7H. The third kappa shape index (κ3) is 8.12. The highest BCUT2D eigenvalue weighted by molar-refractivity contribution is 5.86. The Morgan fingerprint density at radius 2 is 1.83 bits per heavy atom. The molecule has 0 bridgehead atoms. The van der Waals surface area contributed by atoms with E-state index in [0.717, 1.165) is 0 Å². The van der Waals surface area contributed by atoms with Crippen molar-refractivity contribution in [3.05, 3.63) is 30.3 Å². The van der Waals surface area contributed by atoms with Gasteiger partial charge in [-0.25, -0.2) is 0 Å². The number of hydrogen-bond donors (Lipinski definition) is 4. The van der Waals surface area contributed by atoms with Gasteiger partial charge in [-0.3, -0.25) is 9.59 Å². The molecule has 0 fully saturated rings. The smallest absolute Gasteiger partial charge is 0.235 e. The van der Waals surface area contributed by atoms with Crippen LogP contribution in [0.15, 0.2) is 30.3 Å². The quantitative estimate of drug-likeness (QED) is 0.577. The van der Waals surface area contributed by atoms with Crippen molar-refractivity contribution in [1.82, 2.24) is 5.32 Å². The van der Waals surface area contributed by atoms with Gasteiger partial charge in [0.25, 0.3) is 0 Å². The second-order valence-electron chi connectivity index (χ2n) is 3.52. The number of carbonyl (C=O) groups is 2. The Balaban J connectivity index is 0.000000351. The summed E-state index contributed by atoms with van der Waals surface area (Å²) >= 11 is 0. The highest BCUT2D eigenvalue weighted by atomic mass is 16.3. The van der Waals surface area contributed by atoms with Crippen LogP contribution < -0.4 is 16.8 Å². The van der Waals surface area contributed by atoms with Crippen LogP contribution in [0.4, 0.5) is 0 Å². The highest BCUT2D eigenvalue weighted by Crippen LogP contribution is 2.02. The van der Waals surface area contributed by atoms with Crippen LogP contribution in [0, 0.1) is 0 Å².